The lowest BCUT2D eigenvalue weighted by Crippen LogP contribution is -2.37. The second kappa shape index (κ2) is 4.34. The summed E-state index contributed by atoms with van der Waals surface area (Å²) in [6.45, 7) is 3.23. The molecule has 0 aromatic carbocycles. The van der Waals surface area contributed by atoms with E-state index >= 15 is 0 Å². The molecule has 1 amide bonds. The monoisotopic (exact) mass is 252 g/mol. The summed E-state index contributed by atoms with van der Waals surface area (Å²) in [6, 6.07) is 1.62. The molecule has 1 saturated carbocycles. The van der Waals surface area contributed by atoms with Crippen molar-refractivity contribution < 1.29 is 4.79 Å². The second-order valence-electron chi connectivity index (χ2n) is 4.97. The Morgan fingerprint density at radius 3 is 3.06 bits per heavy atom. The van der Waals surface area contributed by atoms with E-state index in [-0.39, 0.29) is 11.9 Å². The van der Waals surface area contributed by atoms with Gasteiger partial charge in [-0.2, -0.15) is 0 Å². The number of rotatable bonds is 3. The van der Waals surface area contributed by atoms with E-state index in [1.807, 2.05) is 0 Å². The van der Waals surface area contributed by atoms with E-state index in [0.717, 1.165) is 19.0 Å². The minimum Gasteiger partial charge on any atom is -0.347 e. The Hall–Kier alpha value is -1.01. The molecular weight excluding hydrogens is 236 g/mol. The van der Waals surface area contributed by atoms with Gasteiger partial charge in [-0.1, -0.05) is 4.49 Å². The molecular formula is C11H16N4OS. The third-order valence-corrected chi connectivity index (χ3v) is 4.07. The van der Waals surface area contributed by atoms with Crippen molar-refractivity contribution in [3.8, 4) is 0 Å². The normalized spacial score (nSPS) is 29.5. The Bertz CT molecular complexity index is 404. The van der Waals surface area contributed by atoms with Crippen molar-refractivity contribution in [3.05, 3.63) is 11.1 Å². The molecule has 0 spiro atoms. The van der Waals surface area contributed by atoms with E-state index in [2.05, 4.69) is 26.7 Å². The van der Waals surface area contributed by atoms with Gasteiger partial charge >= 0.3 is 0 Å². The van der Waals surface area contributed by atoms with Crippen LogP contribution in [0.3, 0.4) is 0 Å². The summed E-state index contributed by atoms with van der Waals surface area (Å²) in [5.74, 6) is -0.0893. The SMILES string of the molecule is CC1CC(NC(=O)c2csnn2)CN1C1CC1. The van der Waals surface area contributed by atoms with Gasteiger partial charge in [0.2, 0.25) is 0 Å². The number of carbonyl (C=O) groups is 1. The maximum atomic E-state index is 11.8. The van der Waals surface area contributed by atoms with Crippen molar-refractivity contribution in [1.82, 2.24) is 19.8 Å². The number of aromatic nitrogens is 2. The third kappa shape index (κ3) is 2.32. The highest BCUT2D eigenvalue weighted by atomic mass is 32.1. The molecule has 17 heavy (non-hydrogen) atoms. The number of likely N-dealkylation sites (tertiary alicyclic amines) is 1. The smallest absolute Gasteiger partial charge is 0.272 e. The first kappa shape index (κ1) is 11.1. The summed E-state index contributed by atoms with van der Waals surface area (Å²) in [5, 5.41) is 8.52. The molecule has 0 bridgehead atoms. The number of carbonyl (C=O) groups excluding carboxylic acids is 1. The highest BCUT2D eigenvalue weighted by Crippen LogP contribution is 2.33. The van der Waals surface area contributed by atoms with Crippen molar-refractivity contribution in [2.24, 2.45) is 0 Å². The summed E-state index contributed by atoms with van der Waals surface area (Å²) < 4.78 is 3.71. The molecule has 1 aromatic heterocycles. The largest absolute Gasteiger partial charge is 0.347 e. The Morgan fingerprint density at radius 1 is 1.59 bits per heavy atom. The molecule has 1 aliphatic carbocycles. The van der Waals surface area contributed by atoms with Crippen LogP contribution < -0.4 is 5.32 Å². The zero-order chi connectivity index (χ0) is 11.8. The van der Waals surface area contributed by atoms with Gasteiger partial charge in [0, 0.05) is 30.1 Å². The van der Waals surface area contributed by atoms with E-state index in [1.54, 1.807) is 5.38 Å². The zero-order valence-corrected chi connectivity index (χ0v) is 10.6. The molecule has 92 valence electrons. The molecule has 1 N–H and O–H groups in total. The first-order chi connectivity index (χ1) is 8.24. The van der Waals surface area contributed by atoms with Crippen LogP contribution in [0.1, 0.15) is 36.7 Å². The fourth-order valence-corrected chi connectivity index (χ4v) is 3.03. The molecule has 1 saturated heterocycles. The molecule has 2 aliphatic rings. The Balaban J connectivity index is 1.58. The third-order valence-electron chi connectivity index (χ3n) is 3.57. The maximum absolute atomic E-state index is 11.8. The van der Waals surface area contributed by atoms with E-state index in [0.29, 0.717) is 11.7 Å². The molecule has 5 nitrogen and oxygen atoms in total. The fraction of sp³-hybridized carbons (Fsp3) is 0.727. The number of nitrogens with zero attached hydrogens (tertiary/aromatic N) is 3. The lowest BCUT2D eigenvalue weighted by molar-refractivity contribution is 0.0932. The van der Waals surface area contributed by atoms with Gasteiger partial charge in [-0.25, -0.2) is 0 Å². The van der Waals surface area contributed by atoms with Crippen LogP contribution in [-0.4, -0.2) is 45.1 Å². The summed E-state index contributed by atoms with van der Waals surface area (Å²) in [7, 11) is 0. The van der Waals surface area contributed by atoms with Gasteiger partial charge in [-0.15, -0.1) is 5.10 Å². The lowest BCUT2D eigenvalue weighted by atomic mass is 10.2. The molecule has 2 atom stereocenters. The van der Waals surface area contributed by atoms with Crippen molar-refractivity contribution in [1.29, 1.82) is 0 Å². The molecule has 6 heteroatoms. The summed E-state index contributed by atoms with van der Waals surface area (Å²) in [5.41, 5.74) is 0.438. The van der Waals surface area contributed by atoms with Crippen LogP contribution in [0, 0.1) is 0 Å². The summed E-state index contributed by atoms with van der Waals surface area (Å²) >= 11 is 1.21. The fourth-order valence-electron chi connectivity index (χ4n) is 2.60. The average molecular weight is 252 g/mol. The van der Waals surface area contributed by atoms with Gasteiger partial charge in [0.05, 0.1) is 0 Å². The number of amides is 1. The lowest BCUT2D eigenvalue weighted by Gasteiger charge is -2.19. The van der Waals surface area contributed by atoms with Crippen LogP contribution in [0.2, 0.25) is 0 Å². The first-order valence-corrected chi connectivity index (χ1v) is 6.91. The number of nitrogens with one attached hydrogen (secondary N) is 1. The minimum atomic E-state index is -0.0893. The number of hydrogen-bond acceptors (Lipinski definition) is 5. The van der Waals surface area contributed by atoms with Crippen LogP contribution >= 0.6 is 11.5 Å². The molecule has 2 fully saturated rings. The number of hydrogen-bond donors (Lipinski definition) is 1. The van der Waals surface area contributed by atoms with Gasteiger partial charge in [-0.3, -0.25) is 9.69 Å². The van der Waals surface area contributed by atoms with Gasteiger partial charge in [-0.05, 0) is 37.7 Å². The Morgan fingerprint density at radius 2 is 2.41 bits per heavy atom. The molecule has 1 aliphatic heterocycles. The molecule has 3 rings (SSSR count). The van der Waals surface area contributed by atoms with E-state index in [9.17, 15) is 4.79 Å². The summed E-state index contributed by atoms with van der Waals surface area (Å²) in [4.78, 5) is 14.4. The first-order valence-electron chi connectivity index (χ1n) is 6.07. The van der Waals surface area contributed by atoms with Gasteiger partial charge in [0.1, 0.15) is 0 Å². The van der Waals surface area contributed by atoms with Crippen LogP contribution in [0.4, 0.5) is 0 Å². The van der Waals surface area contributed by atoms with Crippen LogP contribution in [0.15, 0.2) is 5.38 Å². The molecule has 0 radical (unpaired) electrons. The quantitative estimate of drug-likeness (QED) is 0.868. The minimum absolute atomic E-state index is 0.0893. The van der Waals surface area contributed by atoms with Crippen LogP contribution in [-0.2, 0) is 0 Å². The molecule has 2 heterocycles. The van der Waals surface area contributed by atoms with Crippen LogP contribution in [0.25, 0.3) is 0 Å². The topological polar surface area (TPSA) is 58.1 Å². The standard InChI is InChI=1S/C11H16N4OS/c1-7-4-8(5-15(7)9-2-3-9)12-11(16)10-6-17-14-13-10/h6-9H,2-5H2,1H3,(H,12,16). The maximum Gasteiger partial charge on any atom is 0.272 e. The summed E-state index contributed by atoms with van der Waals surface area (Å²) in [6.07, 6.45) is 3.68. The van der Waals surface area contributed by atoms with Gasteiger partial charge in [0.25, 0.3) is 5.91 Å². The van der Waals surface area contributed by atoms with Gasteiger partial charge in [0.15, 0.2) is 5.69 Å². The van der Waals surface area contributed by atoms with E-state index in [1.165, 1.54) is 24.4 Å². The predicted molar refractivity (Wildman–Crippen MR) is 65.0 cm³/mol. The van der Waals surface area contributed by atoms with Crippen LogP contribution in [0.5, 0.6) is 0 Å². The predicted octanol–water partition coefficient (Wildman–Crippen LogP) is 0.893. The van der Waals surface area contributed by atoms with Crippen molar-refractivity contribution in [2.75, 3.05) is 6.54 Å². The Kier molecular flexibility index (Phi) is 2.84. The van der Waals surface area contributed by atoms with Crippen molar-refractivity contribution in [2.45, 2.75) is 44.3 Å². The van der Waals surface area contributed by atoms with E-state index in [4.69, 9.17) is 0 Å². The Labute approximate surface area is 104 Å². The molecule has 2 unspecified atom stereocenters. The average Bonchev–Trinajstić information content (AvgIpc) is 2.86. The van der Waals surface area contributed by atoms with E-state index < -0.39 is 0 Å². The van der Waals surface area contributed by atoms with Gasteiger partial charge < -0.3 is 5.32 Å². The van der Waals surface area contributed by atoms with Crippen molar-refractivity contribution >= 4 is 17.4 Å². The van der Waals surface area contributed by atoms with Crippen molar-refractivity contribution in [3.63, 3.8) is 0 Å². The molecule has 1 aromatic rings. The highest BCUT2D eigenvalue weighted by Gasteiger charge is 2.39. The highest BCUT2D eigenvalue weighted by molar-refractivity contribution is 7.03. The zero-order valence-electron chi connectivity index (χ0n) is 9.80. The second-order valence-corrected chi connectivity index (χ2v) is 5.58.